The first-order chi connectivity index (χ1) is 6.24. The Labute approximate surface area is 80.5 Å². The van der Waals surface area contributed by atoms with Crippen LogP contribution in [0.4, 0.5) is 0 Å². The van der Waals surface area contributed by atoms with E-state index in [0.29, 0.717) is 13.0 Å². The summed E-state index contributed by atoms with van der Waals surface area (Å²) in [4.78, 5) is 13.1. The normalized spacial score (nSPS) is 10.5. The van der Waals surface area contributed by atoms with Crippen LogP contribution in [0.15, 0.2) is 0 Å². The molecule has 0 aliphatic carbocycles. The van der Waals surface area contributed by atoms with Gasteiger partial charge in [-0.15, -0.1) is 0 Å². The first-order valence-corrected chi connectivity index (χ1v) is 4.87. The summed E-state index contributed by atoms with van der Waals surface area (Å²) >= 11 is 0. The molecule has 78 valence electrons. The van der Waals surface area contributed by atoms with Crippen LogP contribution in [0.5, 0.6) is 0 Å². The van der Waals surface area contributed by atoms with Gasteiger partial charge in [-0.1, -0.05) is 6.92 Å². The van der Waals surface area contributed by atoms with Gasteiger partial charge in [0.1, 0.15) is 0 Å². The number of hydrogen-bond donors (Lipinski definition) is 2. The van der Waals surface area contributed by atoms with Gasteiger partial charge in [-0.2, -0.15) is 0 Å². The maximum absolute atomic E-state index is 10.9. The predicted octanol–water partition coefficient (Wildman–Crippen LogP) is -0.207. The second kappa shape index (κ2) is 8.01. The van der Waals surface area contributed by atoms with Crippen molar-refractivity contribution in [2.45, 2.75) is 19.8 Å². The minimum atomic E-state index is 0.115. The zero-order valence-electron chi connectivity index (χ0n) is 8.68. The first-order valence-electron chi connectivity index (χ1n) is 4.87. The molecule has 4 nitrogen and oxygen atoms in total. The summed E-state index contributed by atoms with van der Waals surface area (Å²) in [6, 6.07) is 0. The zero-order valence-corrected chi connectivity index (χ0v) is 8.68. The lowest BCUT2D eigenvalue weighted by molar-refractivity contribution is -0.120. The molecule has 0 aliphatic rings. The molecule has 0 bridgehead atoms. The van der Waals surface area contributed by atoms with E-state index in [1.165, 1.54) is 0 Å². The Bertz CT molecular complexity index is 139. The fourth-order valence-corrected chi connectivity index (χ4v) is 1.20. The van der Waals surface area contributed by atoms with Crippen LogP contribution in [-0.2, 0) is 4.79 Å². The van der Waals surface area contributed by atoms with Gasteiger partial charge >= 0.3 is 0 Å². The number of likely N-dealkylation sites (N-methyl/N-ethyl adjacent to an activating group) is 1. The van der Waals surface area contributed by atoms with Crippen LogP contribution in [0.3, 0.4) is 0 Å². The number of carbonyl (C=O) groups is 1. The predicted molar refractivity (Wildman–Crippen MR) is 54.5 cm³/mol. The van der Waals surface area contributed by atoms with Gasteiger partial charge in [-0.05, 0) is 19.5 Å². The topological polar surface area (TPSA) is 58.4 Å². The highest BCUT2D eigenvalue weighted by Gasteiger charge is 2.02. The summed E-state index contributed by atoms with van der Waals surface area (Å²) in [7, 11) is 1.67. The van der Waals surface area contributed by atoms with Crippen LogP contribution in [0.2, 0.25) is 0 Å². The lowest BCUT2D eigenvalue weighted by atomic mass is 10.2. The van der Waals surface area contributed by atoms with Gasteiger partial charge < -0.3 is 16.0 Å². The molecule has 13 heavy (non-hydrogen) atoms. The molecule has 0 aromatic heterocycles. The molecule has 0 atom stereocenters. The van der Waals surface area contributed by atoms with Gasteiger partial charge in [0.05, 0.1) is 0 Å². The van der Waals surface area contributed by atoms with Crippen LogP contribution in [0, 0.1) is 0 Å². The zero-order chi connectivity index (χ0) is 10.1. The van der Waals surface area contributed by atoms with Gasteiger partial charge in [0.15, 0.2) is 0 Å². The molecular weight excluding hydrogens is 166 g/mol. The maximum atomic E-state index is 10.9. The second-order valence-corrected chi connectivity index (χ2v) is 3.00. The maximum Gasteiger partial charge on any atom is 0.219 e. The average Bonchev–Trinajstić information content (AvgIpc) is 2.16. The van der Waals surface area contributed by atoms with Crippen LogP contribution < -0.4 is 11.1 Å². The summed E-state index contributed by atoms with van der Waals surface area (Å²) in [5.41, 5.74) is 5.44. The molecule has 1 amide bonds. The highest BCUT2D eigenvalue weighted by molar-refractivity contribution is 5.75. The second-order valence-electron chi connectivity index (χ2n) is 3.00. The summed E-state index contributed by atoms with van der Waals surface area (Å²) < 4.78 is 0. The average molecular weight is 187 g/mol. The van der Waals surface area contributed by atoms with Gasteiger partial charge in [0, 0.05) is 26.6 Å². The van der Waals surface area contributed by atoms with E-state index in [-0.39, 0.29) is 5.91 Å². The summed E-state index contributed by atoms with van der Waals surface area (Å²) in [6.07, 6.45) is 1.52. The Hall–Kier alpha value is -0.610. The van der Waals surface area contributed by atoms with Crippen molar-refractivity contribution in [3.8, 4) is 0 Å². The largest absolute Gasteiger partial charge is 0.359 e. The fourth-order valence-electron chi connectivity index (χ4n) is 1.20. The van der Waals surface area contributed by atoms with Crippen molar-refractivity contribution < 1.29 is 4.79 Å². The summed E-state index contributed by atoms with van der Waals surface area (Å²) in [5.74, 6) is 0.115. The molecule has 0 aromatic carbocycles. The minimum absolute atomic E-state index is 0.115. The third-order valence-corrected chi connectivity index (χ3v) is 2.05. The van der Waals surface area contributed by atoms with Crippen LogP contribution >= 0.6 is 0 Å². The Kier molecular flexibility index (Phi) is 7.63. The van der Waals surface area contributed by atoms with E-state index < -0.39 is 0 Å². The van der Waals surface area contributed by atoms with Gasteiger partial charge in [0.25, 0.3) is 0 Å². The van der Waals surface area contributed by atoms with E-state index in [0.717, 1.165) is 26.1 Å². The number of nitrogens with two attached hydrogens (primary N) is 1. The first kappa shape index (κ1) is 12.4. The van der Waals surface area contributed by atoms with Crippen molar-refractivity contribution in [1.82, 2.24) is 10.2 Å². The van der Waals surface area contributed by atoms with Gasteiger partial charge in [-0.25, -0.2) is 0 Å². The molecule has 3 N–H and O–H groups in total. The summed E-state index contributed by atoms with van der Waals surface area (Å²) in [6.45, 7) is 5.68. The smallest absolute Gasteiger partial charge is 0.219 e. The molecule has 0 fully saturated rings. The molecular formula is C9H21N3O. The minimum Gasteiger partial charge on any atom is -0.359 e. The lowest BCUT2D eigenvalue weighted by Gasteiger charge is -2.18. The van der Waals surface area contributed by atoms with Crippen molar-refractivity contribution in [3.63, 3.8) is 0 Å². The third-order valence-electron chi connectivity index (χ3n) is 2.05. The molecule has 0 saturated heterocycles. The quantitative estimate of drug-likeness (QED) is 0.580. The number of nitrogens with one attached hydrogen (secondary N) is 1. The van der Waals surface area contributed by atoms with E-state index in [4.69, 9.17) is 5.73 Å². The molecule has 0 saturated carbocycles. The Balaban J connectivity index is 3.42. The van der Waals surface area contributed by atoms with E-state index in [1.54, 1.807) is 7.05 Å². The monoisotopic (exact) mass is 187 g/mol. The number of hydrogen-bond acceptors (Lipinski definition) is 3. The molecule has 0 rings (SSSR count). The third kappa shape index (κ3) is 6.54. The van der Waals surface area contributed by atoms with Gasteiger partial charge in [0.2, 0.25) is 5.91 Å². The number of nitrogens with zero attached hydrogens (tertiary/aromatic N) is 1. The SMILES string of the molecule is CCN(CCN)CCCC(=O)NC. The van der Waals surface area contributed by atoms with Crippen molar-refractivity contribution >= 4 is 5.91 Å². The van der Waals surface area contributed by atoms with E-state index in [1.807, 2.05) is 0 Å². The molecule has 0 radical (unpaired) electrons. The van der Waals surface area contributed by atoms with Crippen molar-refractivity contribution in [1.29, 1.82) is 0 Å². The molecule has 0 heterocycles. The Morgan fingerprint density at radius 3 is 2.62 bits per heavy atom. The highest BCUT2D eigenvalue weighted by atomic mass is 16.1. The molecule has 0 aliphatic heterocycles. The molecule has 0 unspecified atom stereocenters. The fraction of sp³-hybridized carbons (Fsp3) is 0.889. The van der Waals surface area contributed by atoms with Crippen LogP contribution in [0.1, 0.15) is 19.8 Å². The van der Waals surface area contributed by atoms with Gasteiger partial charge in [-0.3, -0.25) is 4.79 Å². The van der Waals surface area contributed by atoms with Crippen LogP contribution in [0.25, 0.3) is 0 Å². The highest BCUT2D eigenvalue weighted by Crippen LogP contribution is 1.94. The van der Waals surface area contributed by atoms with E-state index in [9.17, 15) is 4.79 Å². The Morgan fingerprint density at radius 1 is 1.46 bits per heavy atom. The van der Waals surface area contributed by atoms with Crippen molar-refractivity contribution in [2.75, 3.05) is 33.2 Å². The van der Waals surface area contributed by atoms with Crippen molar-refractivity contribution in [2.24, 2.45) is 5.73 Å². The Morgan fingerprint density at radius 2 is 2.15 bits per heavy atom. The number of rotatable bonds is 7. The lowest BCUT2D eigenvalue weighted by Crippen LogP contribution is -2.31. The molecule has 0 aromatic rings. The van der Waals surface area contributed by atoms with E-state index >= 15 is 0 Å². The standard InChI is InChI=1S/C9H21N3O/c1-3-12(8-6-10)7-4-5-9(13)11-2/h3-8,10H2,1-2H3,(H,11,13). The van der Waals surface area contributed by atoms with E-state index in [2.05, 4.69) is 17.1 Å². The molecule has 4 heteroatoms. The van der Waals surface area contributed by atoms with Crippen molar-refractivity contribution in [3.05, 3.63) is 0 Å². The molecule has 0 spiro atoms. The number of amides is 1. The summed E-state index contributed by atoms with van der Waals surface area (Å²) in [5, 5.41) is 2.61. The number of carbonyl (C=O) groups excluding carboxylic acids is 1. The van der Waals surface area contributed by atoms with Crippen LogP contribution in [-0.4, -0.2) is 44.0 Å².